The molecule has 0 radical (unpaired) electrons. The second-order valence-electron chi connectivity index (χ2n) is 9.28. The predicted octanol–water partition coefficient (Wildman–Crippen LogP) is -1.95. The van der Waals surface area contributed by atoms with Crippen LogP contribution in [0, 0.1) is 11.3 Å². The molecule has 4 amide bonds. The fraction of sp³-hybridized carbons (Fsp3) is 0.385. The van der Waals surface area contributed by atoms with E-state index in [1.54, 1.807) is 24.3 Å². The van der Waals surface area contributed by atoms with Gasteiger partial charge in [-0.1, -0.05) is 30.3 Å². The molecular formula is C26H36F3N9O8. The number of alkyl halides is 3. The van der Waals surface area contributed by atoms with Crippen molar-refractivity contribution in [3.8, 4) is 0 Å². The highest BCUT2D eigenvalue weighted by molar-refractivity contribution is 6.03. The topological polar surface area (TPSA) is 319 Å². The van der Waals surface area contributed by atoms with Gasteiger partial charge in [0.25, 0.3) is 0 Å². The van der Waals surface area contributed by atoms with E-state index in [1.165, 1.54) is 6.08 Å². The number of hydrogen-bond acceptors (Lipinski definition) is 8. The summed E-state index contributed by atoms with van der Waals surface area (Å²) < 4.78 is 31.7. The number of carbonyl (C=O) groups is 6. The lowest BCUT2D eigenvalue weighted by atomic mass is 9.96. The maximum absolute atomic E-state index is 13.2. The number of halogens is 3. The molecule has 0 saturated carbocycles. The number of amides is 4. The third-order valence-corrected chi connectivity index (χ3v) is 5.62. The highest BCUT2D eigenvalue weighted by atomic mass is 19.4. The SMILES string of the molecule is C=CCNC(=O)[C@H](Cc1ccc(C(=N)N)cc1)C(=O)NC(CC(=O)O)C(=O)NC(CCCN=C(N)N)C(N)=O.O=C(O)C(F)(F)F. The molecular weight excluding hydrogens is 623 g/mol. The smallest absolute Gasteiger partial charge is 0.481 e. The van der Waals surface area contributed by atoms with Crippen molar-refractivity contribution < 1.29 is 52.2 Å². The Balaban J connectivity index is 0.00000258. The zero-order valence-corrected chi connectivity index (χ0v) is 24.3. The van der Waals surface area contributed by atoms with Crippen LogP contribution in [-0.2, 0) is 35.2 Å². The molecule has 1 aromatic rings. The number of hydrogen-bond donors (Lipinski definition) is 10. The molecule has 46 heavy (non-hydrogen) atoms. The van der Waals surface area contributed by atoms with Crippen LogP contribution in [0.2, 0.25) is 0 Å². The van der Waals surface area contributed by atoms with Crippen molar-refractivity contribution in [2.24, 2.45) is 33.8 Å². The number of nitrogens with one attached hydrogen (secondary N) is 4. The van der Waals surface area contributed by atoms with Gasteiger partial charge in [-0.05, 0) is 24.8 Å². The first-order valence-electron chi connectivity index (χ1n) is 13.1. The molecule has 3 atom stereocenters. The minimum atomic E-state index is -5.08. The molecule has 1 aromatic carbocycles. The van der Waals surface area contributed by atoms with Gasteiger partial charge in [-0.15, -0.1) is 6.58 Å². The van der Waals surface area contributed by atoms with Crippen LogP contribution >= 0.6 is 0 Å². The fourth-order valence-corrected chi connectivity index (χ4v) is 3.37. The van der Waals surface area contributed by atoms with Crippen molar-refractivity contribution in [3.05, 3.63) is 48.0 Å². The van der Waals surface area contributed by atoms with E-state index in [2.05, 4.69) is 27.5 Å². The van der Waals surface area contributed by atoms with Crippen LogP contribution in [0.25, 0.3) is 0 Å². The van der Waals surface area contributed by atoms with Crippen LogP contribution in [-0.4, -0.2) is 88.9 Å². The van der Waals surface area contributed by atoms with Gasteiger partial charge >= 0.3 is 18.1 Å². The predicted molar refractivity (Wildman–Crippen MR) is 157 cm³/mol. The van der Waals surface area contributed by atoms with E-state index in [9.17, 15) is 42.3 Å². The summed E-state index contributed by atoms with van der Waals surface area (Å²) in [6.07, 6.45) is -4.29. The molecule has 0 heterocycles. The molecule has 0 aliphatic rings. The van der Waals surface area contributed by atoms with Gasteiger partial charge in [0.15, 0.2) is 5.96 Å². The van der Waals surface area contributed by atoms with Crippen molar-refractivity contribution in [1.82, 2.24) is 16.0 Å². The van der Waals surface area contributed by atoms with E-state index in [0.717, 1.165) is 0 Å². The molecule has 1 rings (SSSR count). The Morgan fingerprint density at radius 3 is 1.91 bits per heavy atom. The highest BCUT2D eigenvalue weighted by Gasteiger charge is 2.38. The maximum atomic E-state index is 13.2. The summed E-state index contributed by atoms with van der Waals surface area (Å²) in [5.74, 6) is -9.31. The van der Waals surface area contributed by atoms with Crippen LogP contribution in [0.1, 0.15) is 30.4 Å². The Hall–Kier alpha value is -5.69. The number of carboxylic acids is 2. The monoisotopic (exact) mass is 659 g/mol. The minimum absolute atomic E-state index is 0.0500. The van der Waals surface area contributed by atoms with Crippen molar-refractivity contribution >= 4 is 47.4 Å². The second kappa shape index (κ2) is 19.6. The minimum Gasteiger partial charge on any atom is -0.481 e. The summed E-state index contributed by atoms with van der Waals surface area (Å²) >= 11 is 0. The average Bonchev–Trinajstić information content (AvgIpc) is 2.95. The zero-order valence-electron chi connectivity index (χ0n) is 24.3. The number of carboxylic acid groups (broad SMARTS) is 2. The Labute approximate surface area is 260 Å². The van der Waals surface area contributed by atoms with E-state index in [-0.39, 0.29) is 44.1 Å². The first kappa shape index (κ1) is 40.3. The number of amidine groups is 1. The van der Waals surface area contributed by atoms with Gasteiger partial charge in [-0.2, -0.15) is 13.2 Å². The highest BCUT2D eigenvalue weighted by Crippen LogP contribution is 2.14. The van der Waals surface area contributed by atoms with Gasteiger partial charge in [-0.3, -0.25) is 34.4 Å². The summed E-state index contributed by atoms with van der Waals surface area (Å²) in [6.45, 7) is 3.73. The normalized spacial score (nSPS) is 12.4. The summed E-state index contributed by atoms with van der Waals surface area (Å²) in [7, 11) is 0. The first-order valence-corrected chi connectivity index (χ1v) is 13.1. The standard InChI is InChI=1S/C24H35N9O6.C2HF3O2/c1-2-9-30-21(37)15(11-13-5-7-14(8-6-13)19(25)26)22(38)33-17(12-18(34)35)23(39)32-16(20(27)36)4-3-10-31-24(28)29;3-2(4,5)1(6)7/h2,5-8,15-17H,1,3-4,9-12H2,(H3,25,26)(H2,27,36)(H,30,37)(H,32,39)(H,33,38)(H,34,35)(H4,28,29,31);(H,6,7)/t15-,16?,17?;/m0./s1. The summed E-state index contributed by atoms with van der Waals surface area (Å²) in [5, 5.41) is 31.1. The van der Waals surface area contributed by atoms with Crippen molar-refractivity contribution in [1.29, 1.82) is 5.41 Å². The Bertz CT molecular complexity index is 1300. The summed E-state index contributed by atoms with van der Waals surface area (Å²) in [6, 6.07) is 3.45. The van der Waals surface area contributed by atoms with Gasteiger partial charge in [0.05, 0.1) is 6.42 Å². The van der Waals surface area contributed by atoms with Crippen LogP contribution in [0.4, 0.5) is 13.2 Å². The molecule has 0 aliphatic carbocycles. The average molecular weight is 660 g/mol. The van der Waals surface area contributed by atoms with Crippen LogP contribution in [0.5, 0.6) is 0 Å². The Morgan fingerprint density at radius 1 is 0.935 bits per heavy atom. The van der Waals surface area contributed by atoms with Crippen LogP contribution < -0.4 is 38.9 Å². The number of nitrogens with zero attached hydrogens (tertiary/aromatic N) is 1. The first-order chi connectivity index (χ1) is 21.3. The van der Waals surface area contributed by atoms with E-state index >= 15 is 0 Å². The lowest BCUT2D eigenvalue weighted by Gasteiger charge is -2.23. The van der Waals surface area contributed by atoms with Crippen LogP contribution in [0.3, 0.4) is 0 Å². The number of carbonyl (C=O) groups excluding carboxylic acids is 4. The van der Waals surface area contributed by atoms with Gasteiger partial charge < -0.3 is 49.1 Å². The molecule has 17 nitrogen and oxygen atoms in total. The Kier molecular flexibility index (Phi) is 17.1. The Morgan fingerprint density at radius 2 is 1.48 bits per heavy atom. The maximum Gasteiger partial charge on any atom is 0.490 e. The molecule has 14 N–H and O–H groups in total. The lowest BCUT2D eigenvalue weighted by Crippen LogP contribution is -2.55. The van der Waals surface area contributed by atoms with Gasteiger partial charge in [-0.25, -0.2) is 4.79 Å². The zero-order chi connectivity index (χ0) is 35.6. The van der Waals surface area contributed by atoms with Gasteiger partial charge in [0.1, 0.15) is 23.8 Å². The molecule has 20 heteroatoms. The van der Waals surface area contributed by atoms with Crippen molar-refractivity contribution in [2.45, 2.75) is 43.9 Å². The van der Waals surface area contributed by atoms with Gasteiger partial charge in [0, 0.05) is 18.7 Å². The number of rotatable bonds is 17. The number of nitrogen functional groups attached to an aromatic ring is 1. The van der Waals surface area contributed by atoms with Crippen LogP contribution in [0.15, 0.2) is 41.9 Å². The molecule has 0 saturated heterocycles. The molecule has 0 fully saturated rings. The molecule has 0 aliphatic heterocycles. The quantitative estimate of drug-likeness (QED) is 0.0288. The summed E-state index contributed by atoms with van der Waals surface area (Å²) in [4.78, 5) is 74.8. The third-order valence-electron chi connectivity index (χ3n) is 5.62. The molecule has 0 aromatic heterocycles. The fourth-order valence-electron chi connectivity index (χ4n) is 3.37. The number of primary amides is 1. The molecule has 0 bridgehead atoms. The lowest BCUT2D eigenvalue weighted by molar-refractivity contribution is -0.192. The number of benzene rings is 1. The number of aliphatic imine (C=N–C) groups is 1. The largest absolute Gasteiger partial charge is 0.490 e. The summed E-state index contributed by atoms with van der Waals surface area (Å²) in [5.41, 5.74) is 22.3. The number of nitrogens with two attached hydrogens (primary N) is 4. The molecule has 2 unspecified atom stereocenters. The van der Waals surface area contributed by atoms with Crippen molar-refractivity contribution in [3.63, 3.8) is 0 Å². The number of guanidine groups is 1. The van der Waals surface area contributed by atoms with E-state index in [1.807, 2.05) is 0 Å². The molecule has 0 spiro atoms. The number of aliphatic carboxylic acids is 2. The second-order valence-corrected chi connectivity index (χ2v) is 9.28. The third kappa shape index (κ3) is 16.2. The van der Waals surface area contributed by atoms with E-state index in [4.69, 9.17) is 38.2 Å². The van der Waals surface area contributed by atoms with Gasteiger partial charge in [0.2, 0.25) is 23.6 Å². The van der Waals surface area contributed by atoms with E-state index in [0.29, 0.717) is 11.1 Å². The van der Waals surface area contributed by atoms with Crippen molar-refractivity contribution in [2.75, 3.05) is 13.1 Å². The van der Waals surface area contributed by atoms with E-state index < -0.39 is 66.2 Å². The molecule has 254 valence electrons.